The van der Waals surface area contributed by atoms with Crippen LogP contribution in [-0.4, -0.2) is 24.8 Å². The Morgan fingerprint density at radius 3 is 2.33 bits per heavy atom. The largest absolute Gasteiger partial charge is 0.407 e. The van der Waals surface area contributed by atoms with E-state index >= 15 is 0 Å². The smallest absolute Gasteiger partial charge is 0.300 e. The number of halogens is 3. The van der Waals surface area contributed by atoms with Crippen molar-refractivity contribution in [3.05, 3.63) is 24.9 Å². The molecule has 1 N–H and O–H groups in total. The van der Waals surface area contributed by atoms with Gasteiger partial charge in [0.2, 0.25) is 0 Å². The van der Waals surface area contributed by atoms with Crippen molar-refractivity contribution in [2.75, 3.05) is 13.6 Å². The average Bonchev–Trinajstić information content (AvgIpc) is 1.97. The summed E-state index contributed by atoms with van der Waals surface area (Å²) in [6.45, 7) is 5.61. The number of rotatable bonds is 4. The van der Waals surface area contributed by atoms with Crippen LogP contribution >= 0.6 is 0 Å². The molecule has 12 heavy (non-hydrogen) atoms. The van der Waals surface area contributed by atoms with E-state index in [0.29, 0.717) is 0 Å². The summed E-state index contributed by atoms with van der Waals surface area (Å²) in [6, 6.07) is 0. The molecule has 0 aromatic heterocycles. The second kappa shape index (κ2) is 4.15. The molecule has 0 atom stereocenters. The lowest BCUT2D eigenvalue weighted by Crippen LogP contribution is -2.40. The van der Waals surface area contributed by atoms with Crippen LogP contribution in [0.4, 0.5) is 13.2 Å². The van der Waals surface area contributed by atoms with E-state index in [0.717, 1.165) is 5.01 Å². The molecule has 70 valence electrons. The van der Waals surface area contributed by atoms with Gasteiger partial charge in [0, 0.05) is 12.7 Å². The Morgan fingerprint density at radius 2 is 2.08 bits per heavy atom. The quantitative estimate of drug-likeness (QED) is 0.523. The Kier molecular flexibility index (Phi) is 3.82. The third-order valence-electron chi connectivity index (χ3n) is 1.19. The summed E-state index contributed by atoms with van der Waals surface area (Å²) in [7, 11) is 1.39. The first-order valence-corrected chi connectivity index (χ1v) is 3.23. The summed E-state index contributed by atoms with van der Waals surface area (Å²) < 4.78 is 35.5. The van der Waals surface area contributed by atoms with E-state index in [2.05, 4.69) is 18.6 Å². The van der Waals surface area contributed by atoms with Crippen LogP contribution in [0.1, 0.15) is 0 Å². The van der Waals surface area contributed by atoms with Gasteiger partial charge < -0.3 is 5.01 Å². The van der Waals surface area contributed by atoms with E-state index < -0.39 is 12.7 Å². The predicted octanol–water partition coefficient (Wildman–Crippen LogP) is 1.68. The van der Waals surface area contributed by atoms with Gasteiger partial charge in [0.05, 0.1) is 0 Å². The Balaban J connectivity index is 4.18. The molecule has 0 rings (SSSR count). The fourth-order valence-corrected chi connectivity index (χ4v) is 0.614. The zero-order valence-corrected chi connectivity index (χ0v) is 6.78. The van der Waals surface area contributed by atoms with Crippen LogP contribution in [0.3, 0.4) is 0 Å². The molecule has 5 heteroatoms. The number of hydrogen-bond donors (Lipinski definition) is 1. The van der Waals surface area contributed by atoms with Crippen molar-refractivity contribution in [3.63, 3.8) is 0 Å². The van der Waals surface area contributed by atoms with E-state index in [1.807, 2.05) is 0 Å². The summed E-state index contributed by atoms with van der Waals surface area (Å²) in [5.41, 5.74) is 2.54. The molecule has 0 amide bonds. The van der Waals surface area contributed by atoms with Crippen molar-refractivity contribution in [1.29, 1.82) is 0 Å². The summed E-state index contributed by atoms with van der Waals surface area (Å²) in [5.74, 6) is 0. The molecule has 0 fully saturated rings. The van der Waals surface area contributed by atoms with Gasteiger partial charge in [-0.2, -0.15) is 13.2 Å². The lowest BCUT2D eigenvalue weighted by atomic mass is 10.4. The predicted molar refractivity (Wildman–Crippen MR) is 41.2 cm³/mol. The van der Waals surface area contributed by atoms with Crippen LogP contribution in [0.15, 0.2) is 24.9 Å². The molecule has 0 saturated carbocycles. The van der Waals surface area contributed by atoms with E-state index in [-0.39, 0.29) is 5.70 Å². The maximum absolute atomic E-state index is 11.8. The highest BCUT2D eigenvalue weighted by Crippen LogP contribution is 2.17. The van der Waals surface area contributed by atoms with Crippen LogP contribution in [0.25, 0.3) is 0 Å². The minimum absolute atomic E-state index is 0.190. The highest BCUT2D eigenvalue weighted by Gasteiger charge is 2.30. The highest BCUT2D eigenvalue weighted by atomic mass is 19.4. The first kappa shape index (κ1) is 11.0. The number of nitrogens with one attached hydrogen (secondary N) is 1. The van der Waals surface area contributed by atoms with Crippen molar-refractivity contribution >= 4 is 0 Å². The maximum atomic E-state index is 11.8. The van der Waals surface area contributed by atoms with Gasteiger partial charge >= 0.3 is 6.18 Å². The molecule has 0 saturated heterocycles. The lowest BCUT2D eigenvalue weighted by Gasteiger charge is -2.24. The molecule has 0 radical (unpaired) electrons. The van der Waals surface area contributed by atoms with Gasteiger partial charge in [-0.1, -0.05) is 13.2 Å². The maximum Gasteiger partial charge on any atom is 0.407 e. The Bertz CT molecular complexity index is 174. The molecular weight excluding hydrogens is 169 g/mol. The number of nitrogens with zero attached hydrogens (tertiary/aromatic N) is 1. The topological polar surface area (TPSA) is 15.3 Å². The first-order valence-electron chi connectivity index (χ1n) is 3.23. The van der Waals surface area contributed by atoms with Gasteiger partial charge in [-0.3, -0.25) is 0 Å². The second-order valence-electron chi connectivity index (χ2n) is 2.12. The molecule has 0 spiro atoms. The zero-order chi connectivity index (χ0) is 9.78. The Hall–Kier alpha value is -0.970. The molecule has 0 aromatic rings. The van der Waals surface area contributed by atoms with Crippen molar-refractivity contribution in [3.8, 4) is 0 Å². The van der Waals surface area contributed by atoms with Gasteiger partial charge in [-0.15, -0.1) is 0 Å². The fourth-order valence-electron chi connectivity index (χ4n) is 0.614. The number of hydrogen-bond acceptors (Lipinski definition) is 2. The molecule has 2 nitrogen and oxygen atoms in total. The Labute approximate surface area is 69.3 Å². The summed E-state index contributed by atoms with van der Waals surface area (Å²) in [6.07, 6.45) is -2.99. The average molecular weight is 180 g/mol. The zero-order valence-electron chi connectivity index (χ0n) is 6.78. The minimum Gasteiger partial charge on any atom is -0.300 e. The monoisotopic (exact) mass is 180 g/mol. The standard InChI is InChI=1S/C7H11F3N2/c1-4-6(2)12(11-3)5-7(8,9)10/h4,11H,1-2,5H2,3H3. The molecule has 0 aromatic carbocycles. The minimum atomic E-state index is -4.24. The van der Waals surface area contributed by atoms with Crippen molar-refractivity contribution in [2.45, 2.75) is 6.18 Å². The van der Waals surface area contributed by atoms with Crippen LogP contribution in [0, 0.1) is 0 Å². The molecular formula is C7H11F3N2. The third kappa shape index (κ3) is 4.02. The molecule has 0 unspecified atom stereocenters. The Morgan fingerprint density at radius 1 is 1.58 bits per heavy atom. The molecule has 0 aliphatic heterocycles. The van der Waals surface area contributed by atoms with Crippen LogP contribution in [0.2, 0.25) is 0 Å². The first-order chi connectivity index (χ1) is 5.40. The van der Waals surface area contributed by atoms with Gasteiger partial charge in [0.15, 0.2) is 0 Å². The van der Waals surface area contributed by atoms with E-state index in [9.17, 15) is 13.2 Å². The van der Waals surface area contributed by atoms with Crippen LogP contribution < -0.4 is 5.43 Å². The van der Waals surface area contributed by atoms with Crippen LogP contribution in [0.5, 0.6) is 0 Å². The molecule has 0 aliphatic rings. The number of alkyl halides is 3. The van der Waals surface area contributed by atoms with Crippen molar-refractivity contribution in [1.82, 2.24) is 10.4 Å². The highest BCUT2D eigenvalue weighted by molar-refractivity contribution is 5.08. The second-order valence-corrected chi connectivity index (χ2v) is 2.12. The van der Waals surface area contributed by atoms with E-state index in [1.165, 1.54) is 13.1 Å². The van der Waals surface area contributed by atoms with Gasteiger partial charge in [0.1, 0.15) is 6.54 Å². The van der Waals surface area contributed by atoms with E-state index in [1.54, 1.807) is 0 Å². The van der Waals surface area contributed by atoms with Gasteiger partial charge in [-0.25, -0.2) is 5.43 Å². The molecule has 0 bridgehead atoms. The summed E-state index contributed by atoms with van der Waals surface area (Å²) in [4.78, 5) is 0. The van der Waals surface area contributed by atoms with Gasteiger partial charge in [-0.05, 0) is 6.08 Å². The van der Waals surface area contributed by atoms with Crippen molar-refractivity contribution < 1.29 is 13.2 Å². The number of hydrazine groups is 1. The SMILES string of the molecule is C=CC(=C)N(CC(F)(F)F)NC. The van der Waals surface area contributed by atoms with Crippen molar-refractivity contribution in [2.24, 2.45) is 0 Å². The normalized spacial score (nSPS) is 11.0. The van der Waals surface area contributed by atoms with Gasteiger partial charge in [0.25, 0.3) is 0 Å². The third-order valence-corrected chi connectivity index (χ3v) is 1.19. The molecule has 0 aliphatic carbocycles. The van der Waals surface area contributed by atoms with E-state index in [4.69, 9.17) is 0 Å². The van der Waals surface area contributed by atoms with Crippen LogP contribution in [-0.2, 0) is 0 Å². The number of allylic oxidation sites excluding steroid dienone is 1. The fraction of sp³-hybridized carbons (Fsp3) is 0.429. The summed E-state index contributed by atoms with van der Waals surface area (Å²) >= 11 is 0. The lowest BCUT2D eigenvalue weighted by molar-refractivity contribution is -0.146. The molecule has 0 heterocycles. The summed E-state index contributed by atoms with van der Waals surface area (Å²) in [5, 5.41) is 0.868.